The molecule has 4 heteroatoms. The zero-order valence-corrected chi connectivity index (χ0v) is 13.0. The lowest BCUT2D eigenvalue weighted by Crippen LogP contribution is -2.38. The molecular weight excluding hydrogens is 236 g/mol. The first kappa shape index (κ1) is 16.2. The van der Waals surface area contributed by atoms with Crippen LogP contribution in [0.5, 0.6) is 0 Å². The number of aromatic nitrogens is 2. The van der Waals surface area contributed by atoms with E-state index in [-0.39, 0.29) is 5.41 Å². The van der Waals surface area contributed by atoms with Crippen LogP contribution in [-0.4, -0.2) is 34.3 Å². The van der Waals surface area contributed by atoms with Gasteiger partial charge in [-0.15, -0.1) is 0 Å². The number of hydrogen-bond acceptors (Lipinski definition) is 3. The summed E-state index contributed by atoms with van der Waals surface area (Å²) in [5.74, 6) is 0. The number of nitrogens with zero attached hydrogens (tertiary/aromatic N) is 3. The highest BCUT2D eigenvalue weighted by molar-refractivity contribution is 5.03. The smallest absolute Gasteiger partial charge is 0.0534 e. The molecule has 0 aliphatic carbocycles. The Labute approximate surface area is 118 Å². The van der Waals surface area contributed by atoms with Gasteiger partial charge >= 0.3 is 0 Å². The molecule has 1 heterocycles. The normalized spacial score (nSPS) is 12.3. The third-order valence-corrected chi connectivity index (χ3v) is 3.29. The fourth-order valence-corrected chi connectivity index (χ4v) is 2.30. The van der Waals surface area contributed by atoms with E-state index >= 15 is 0 Å². The minimum Gasteiger partial charge on any atom is -0.330 e. The molecule has 0 aliphatic rings. The average molecular weight is 266 g/mol. The lowest BCUT2D eigenvalue weighted by molar-refractivity contribution is 0.176. The Morgan fingerprint density at radius 2 is 2.05 bits per heavy atom. The van der Waals surface area contributed by atoms with Crippen molar-refractivity contribution in [2.75, 3.05) is 19.6 Å². The van der Waals surface area contributed by atoms with Gasteiger partial charge in [-0.1, -0.05) is 27.7 Å². The molecule has 19 heavy (non-hydrogen) atoms. The fraction of sp³-hybridized carbons (Fsp3) is 0.800. The maximum Gasteiger partial charge on any atom is 0.0534 e. The van der Waals surface area contributed by atoms with Gasteiger partial charge in [0.05, 0.1) is 6.20 Å². The van der Waals surface area contributed by atoms with Gasteiger partial charge in [-0.25, -0.2) is 0 Å². The molecule has 4 nitrogen and oxygen atoms in total. The van der Waals surface area contributed by atoms with E-state index < -0.39 is 0 Å². The van der Waals surface area contributed by atoms with Crippen molar-refractivity contribution in [1.29, 1.82) is 0 Å². The van der Waals surface area contributed by atoms with Crippen LogP contribution in [0.2, 0.25) is 0 Å². The minimum atomic E-state index is 0.175. The molecule has 0 saturated heterocycles. The Kier molecular flexibility index (Phi) is 6.52. The Morgan fingerprint density at radius 1 is 1.32 bits per heavy atom. The van der Waals surface area contributed by atoms with E-state index in [1.54, 1.807) is 0 Å². The molecule has 0 aliphatic heterocycles. The van der Waals surface area contributed by atoms with Gasteiger partial charge in [-0.2, -0.15) is 5.10 Å². The number of hydrogen-bond donors (Lipinski definition) is 1. The topological polar surface area (TPSA) is 47.1 Å². The van der Waals surface area contributed by atoms with Crippen molar-refractivity contribution in [3.05, 3.63) is 18.0 Å². The summed E-state index contributed by atoms with van der Waals surface area (Å²) in [6.07, 6.45) is 6.46. The molecule has 0 spiro atoms. The number of aryl methyl sites for hydroxylation is 1. The van der Waals surface area contributed by atoms with Gasteiger partial charge in [0.1, 0.15) is 0 Å². The van der Waals surface area contributed by atoms with E-state index in [1.807, 2.05) is 10.9 Å². The minimum absolute atomic E-state index is 0.175. The van der Waals surface area contributed by atoms with Crippen LogP contribution in [0.25, 0.3) is 0 Å². The first-order valence-corrected chi connectivity index (χ1v) is 7.44. The maximum atomic E-state index is 5.84. The predicted molar refractivity (Wildman–Crippen MR) is 80.9 cm³/mol. The zero-order chi connectivity index (χ0) is 14.3. The van der Waals surface area contributed by atoms with Crippen molar-refractivity contribution in [3.63, 3.8) is 0 Å². The van der Waals surface area contributed by atoms with Crippen molar-refractivity contribution in [3.8, 4) is 0 Å². The van der Waals surface area contributed by atoms with Gasteiger partial charge in [0.15, 0.2) is 0 Å². The number of nitrogens with two attached hydrogens (primary N) is 1. The molecule has 0 radical (unpaired) electrons. The second kappa shape index (κ2) is 7.65. The van der Waals surface area contributed by atoms with E-state index in [2.05, 4.69) is 43.9 Å². The van der Waals surface area contributed by atoms with Gasteiger partial charge in [0, 0.05) is 31.4 Å². The number of rotatable bonds is 9. The van der Waals surface area contributed by atoms with Crippen molar-refractivity contribution < 1.29 is 0 Å². The zero-order valence-electron chi connectivity index (χ0n) is 13.0. The molecule has 1 aromatic heterocycles. The molecule has 0 unspecified atom stereocenters. The Hall–Kier alpha value is -0.870. The molecule has 110 valence electrons. The monoisotopic (exact) mass is 266 g/mol. The SMILES string of the molecule is CCCN(Cc1cnn(CCC)c1)CC(C)(C)CN. The van der Waals surface area contributed by atoms with Crippen LogP contribution in [0.3, 0.4) is 0 Å². The summed E-state index contributed by atoms with van der Waals surface area (Å²) in [5.41, 5.74) is 7.32. The third kappa shape index (κ3) is 5.74. The van der Waals surface area contributed by atoms with Gasteiger partial charge in [-0.05, 0) is 31.3 Å². The van der Waals surface area contributed by atoms with Gasteiger partial charge in [0.2, 0.25) is 0 Å². The fourth-order valence-electron chi connectivity index (χ4n) is 2.30. The van der Waals surface area contributed by atoms with Crippen molar-refractivity contribution in [2.24, 2.45) is 11.1 Å². The second-order valence-corrected chi connectivity index (χ2v) is 6.19. The Balaban J connectivity index is 2.61. The largest absolute Gasteiger partial charge is 0.330 e. The molecule has 1 aromatic rings. The molecule has 0 fully saturated rings. The van der Waals surface area contributed by atoms with E-state index in [9.17, 15) is 0 Å². The average Bonchev–Trinajstić information content (AvgIpc) is 2.77. The first-order chi connectivity index (χ1) is 9.00. The molecule has 0 bridgehead atoms. The maximum absolute atomic E-state index is 5.84. The highest BCUT2D eigenvalue weighted by atomic mass is 15.3. The van der Waals surface area contributed by atoms with E-state index in [4.69, 9.17) is 5.73 Å². The lowest BCUT2D eigenvalue weighted by atomic mass is 9.93. The van der Waals surface area contributed by atoms with Gasteiger partial charge < -0.3 is 5.73 Å². The van der Waals surface area contributed by atoms with Gasteiger partial charge in [0.25, 0.3) is 0 Å². The first-order valence-electron chi connectivity index (χ1n) is 7.44. The summed E-state index contributed by atoms with van der Waals surface area (Å²) in [5, 5.41) is 4.40. The molecule has 0 amide bonds. The summed E-state index contributed by atoms with van der Waals surface area (Å²) in [6.45, 7) is 13.7. The standard InChI is InChI=1S/C15H30N4/c1-5-7-18(13-15(3,4)12-16)10-14-9-17-19(11-14)8-6-2/h9,11H,5-8,10,12-13,16H2,1-4H3. The van der Waals surface area contributed by atoms with Crippen LogP contribution in [0.15, 0.2) is 12.4 Å². The van der Waals surface area contributed by atoms with Crippen LogP contribution in [0, 0.1) is 5.41 Å². The van der Waals surface area contributed by atoms with Crippen LogP contribution >= 0.6 is 0 Å². The Morgan fingerprint density at radius 3 is 2.63 bits per heavy atom. The van der Waals surface area contributed by atoms with Crippen molar-refractivity contribution >= 4 is 0 Å². The summed E-state index contributed by atoms with van der Waals surface area (Å²) >= 11 is 0. The summed E-state index contributed by atoms with van der Waals surface area (Å²) in [6, 6.07) is 0. The molecule has 0 saturated carbocycles. The van der Waals surface area contributed by atoms with Crippen LogP contribution in [0.4, 0.5) is 0 Å². The van der Waals surface area contributed by atoms with E-state index in [0.717, 1.165) is 39.1 Å². The molecule has 1 rings (SSSR count). The van der Waals surface area contributed by atoms with Crippen LogP contribution in [0.1, 0.15) is 46.1 Å². The molecule has 0 aromatic carbocycles. The summed E-state index contributed by atoms with van der Waals surface area (Å²) in [7, 11) is 0. The highest BCUT2D eigenvalue weighted by Crippen LogP contribution is 2.17. The quantitative estimate of drug-likeness (QED) is 0.747. The third-order valence-electron chi connectivity index (χ3n) is 3.29. The highest BCUT2D eigenvalue weighted by Gasteiger charge is 2.20. The summed E-state index contributed by atoms with van der Waals surface area (Å²) in [4.78, 5) is 2.49. The molecule has 2 N–H and O–H groups in total. The van der Waals surface area contributed by atoms with Crippen LogP contribution < -0.4 is 5.73 Å². The molecular formula is C15H30N4. The lowest BCUT2D eigenvalue weighted by Gasteiger charge is -2.31. The molecule has 0 atom stereocenters. The van der Waals surface area contributed by atoms with Crippen molar-refractivity contribution in [2.45, 2.75) is 53.6 Å². The van der Waals surface area contributed by atoms with E-state index in [1.165, 1.54) is 12.0 Å². The van der Waals surface area contributed by atoms with Crippen LogP contribution in [-0.2, 0) is 13.1 Å². The summed E-state index contributed by atoms with van der Waals surface area (Å²) < 4.78 is 2.04. The van der Waals surface area contributed by atoms with Crippen molar-refractivity contribution in [1.82, 2.24) is 14.7 Å². The second-order valence-electron chi connectivity index (χ2n) is 6.19. The Bertz CT molecular complexity index is 357. The van der Waals surface area contributed by atoms with E-state index in [0.29, 0.717) is 0 Å². The predicted octanol–water partition coefficient (Wildman–Crippen LogP) is 2.49. The van der Waals surface area contributed by atoms with Gasteiger partial charge in [-0.3, -0.25) is 9.58 Å².